The van der Waals surface area contributed by atoms with Crippen LogP contribution in [0.5, 0.6) is 0 Å². The number of hydrogen-bond donors (Lipinski definition) is 2. The number of fused-ring (bicyclic) bond motifs is 1. The van der Waals surface area contributed by atoms with Gasteiger partial charge in [-0.05, 0) is 29.0 Å². The number of carbonyl (C=O) groups is 1. The summed E-state index contributed by atoms with van der Waals surface area (Å²) in [5, 5.41) is 19.2. The Morgan fingerprint density at radius 3 is 2.57 bits per heavy atom. The number of carbonyl (C=O) groups excluding carboxylic acids is 1. The van der Waals surface area contributed by atoms with E-state index in [1.807, 2.05) is 0 Å². The molecule has 8 heteroatoms. The van der Waals surface area contributed by atoms with Gasteiger partial charge < -0.3 is 14.9 Å². The van der Waals surface area contributed by atoms with Crippen LogP contribution in [0.15, 0.2) is 30.5 Å². The lowest BCUT2D eigenvalue weighted by Gasteiger charge is -2.31. The van der Waals surface area contributed by atoms with Crippen molar-refractivity contribution >= 4 is 29.4 Å². The van der Waals surface area contributed by atoms with Gasteiger partial charge in [-0.3, -0.25) is 9.78 Å². The number of hydrogen-bond acceptors (Lipinski definition) is 4. The second kappa shape index (κ2) is 5.86. The van der Waals surface area contributed by atoms with Crippen molar-refractivity contribution < 1.29 is 23.6 Å². The van der Waals surface area contributed by atoms with Crippen molar-refractivity contribution in [1.82, 2.24) is 9.88 Å². The summed E-state index contributed by atoms with van der Waals surface area (Å²) in [6, 6.07) is 6.16. The zero-order valence-corrected chi connectivity index (χ0v) is 12.2. The highest BCUT2D eigenvalue weighted by molar-refractivity contribution is 6.61. The molecule has 2 N–H and O–H groups in total. The molecule has 0 radical (unpaired) electrons. The fourth-order valence-corrected chi connectivity index (χ4v) is 2.75. The molecule has 1 amide bonds. The summed E-state index contributed by atoms with van der Waals surface area (Å²) in [4.78, 5) is 18.0. The fraction of sp³-hybridized carbons (Fsp3) is 0.333. The molecule has 1 aliphatic rings. The Morgan fingerprint density at radius 2 is 1.91 bits per heavy atom. The van der Waals surface area contributed by atoms with E-state index in [1.54, 1.807) is 12.1 Å². The average molecular weight is 320 g/mol. The molecule has 1 aromatic carbocycles. The van der Waals surface area contributed by atoms with Gasteiger partial charge in [-0.1, -0.05) is 6.07 Å². The maximum absolute atomic E-state index is 13.2. The van der Waals surface area contributed by atoms with E-state index in [1.165, 1.54) is 23.2 Å². The van der Waals surface area contributed by atoms with Crippen molar-refractivity contribution in [3.63, 3.8) is 0 Å². The number of halogens is 2. The summed E-state index contributed by atoms with van der Waals surface area (Å²) in [6.07, 6.45) is 0.768. The van der Waals surface area contributed by atoms with Gasteiger partial charge in [0.2, 0.25) is 0 Å². The van der Waals surface area contributed by atoms with Gasteiger partial charge in [0.15, 0.2) is 0 Å². The third-order valence-corrected chi connectivity index (χ3v) is 4.08. The van der Waals surface area contributed by atoms with Gasteiger partial charge in [0, 0.05) is 37.7 Å². The van der Waals surface area contributed by atoms with Crippen molar-refractivity contribution in [3.8, 4) is 0 Å². The predicted molar refractivity (Wildman–Crippen MR) is 81.7 cm³/mol. The first-order valence-corrected chi connectivity index (χ1v) is 7.29. The zero-order valence-electron chi connectivity index (χ0n) is 12.2. The highest BCUT2D eigenvalue weighted by Crippen LogP contribution is 2.28. The number of amides is 1. The largest absolute Gasteiger partial charge is 0.489 e. The Labute approximate surface area is 131 Å². The first-order chi connectivity index (χ1) is 10.9. The molecule has 0 saturated carbocycles. The molecule has 1 saturated heterocycles. The number of alkyl halides is 2. The number of piperidine rings is 1. The SMILES string of the molecule is O=C(c1ccc2c(B(O)O)ccnc2c1)N1CCC(F)(F)CC1. The molecule has 5 nitrogen and oxygen atoms in total. The smallest absolute Gasteiger partial charge is 0.423 e. The Morgan fingerprint density at radius 1 is 1.22 bits per heavy atom. The van der Waals surface area contributed by atoms with Crippen LogP contribution in [-0.2, 0) is 0 Å². The van der Waals surface area contributed by atoms with Crippen LogP contribution < -0.4 is 5.46 Å². The van der Waals surface area contributed by atoms with E-state index in [2.05, 4.69) is 4.98 Å². The molecule has 120 valence electrons. The van der Waals surface area contributed by atoms with Gasteiger partial charge in [0.1, 0.15) is 0 Å². The van der Waals surface area contributed by atoms with Crippen LogP contribution in [0.25, 0.3) is 10.9 Å². The lowest BCUT2D eigenvalue weighted by atomic mass is 9.78. The van der Waals surface area contributed by atoms with Crippen molar-refractivity contribution in [2.75, 3.05) is 13.1 Å². The van der Waals surface area contributed by atoms with E-state index in [4.69, 9.17) is 0 Å². The summed E-state index contributed by atoms with van der Waals surface area (Å²) < 4.78 is 26.4. The summed E-state index contributed by atoms with van der Waals surface area (Å²) in [6.45, 7) is 0.0411. The minimum Gasteiger partial charge on any atom is -0.423 e. The average Bonchev–Trinajstić information content (AvgIpc) is 2.53. The zero-order chi connectivity index (χ0) is 16.6. The normalized spacial score (nSPS) is 17.3. The monoisotopic (exact) mass is 320 g/mol. The van der Waals surface area contributed by atoms with Crippen molar-refractivity contribution in [2.45, 2.75) is 18.8 Å². The Bertz CT molecular complexity index is 745. The van der Waals surface area contributed by atoms with Crippen LogP contribution in [0, 0.1) is 0 Å². The molecule has 3 rings (SSSR count). The molecule has 0 unspecified atom stereocenters. The predicted octanol–water partition coefficient (Wildman–Crippen LogP) is 0.786. The first-order valence-electron chi connectivity index (χ1n) is 7.29. The maximum atomic E-state index is 13.2. The highest BCUT2D eigenvalue weighted by atomic mass is 19.3. The third-order valence-electron chi connectivity index (χ3n) is 4.08. The van der Waals surface area contributed by atoms with Crippen LogP contribution in [0.2, 0.25) is 0 Å². The van der Waals surface area contributed by atoms with Gasteiger partial charge in [0.05, 0.1) is 5.52 Å². The van der Waals surface area contributed by atoms with Gasteiger partial charge in [-0.2, -0.15) is 0 Å². The van der Waals surface area contributed by atoms with E-state index >= 15 is 0 Å². The number of pyridine rings is 1. The topological polar surface area (TPSA) is 73.7 Å². The highest BCUT2D eigenvalue weighted by Gasteiger charge is 2.35. The van der Waals surface area contributed by atoms with E-state index in [-0.39, 0.29) is 31.8 Å². The summed E-state index contributed by atoms with van der Waals surface area (Å²) in [5.74, 6) is -3.02. The lowest BCUT2D eigenvalue weighted by molar-refractivity contribution is -0.0494. The number of benzene rings is 1. The lowest BCUT2D eigenvalue weighted by Crippen LogP contribution is -2.42. The van der Waals surface area contributed by atoms with Gasteiger partial charge in [-0.15, -0.1) is 0 Å². The first kappa shape index (κ1) is 15.8. The molecule has 0 bridgehead atoms. The standard InChI is InChI=1S/C15H15BF2N2O3/c17-15(18)4-7-20(8-5-15)14(21)10-1-2-11-12(16(22)23)3-6-19-13(11)9-10/h1-3,6,9,22-23H,4-5,7-8H2. The van der Waals surface area contributed by atoms with Crippen LogP contribution in [0.1, 0.15) is 23.2 Å². The second-order valence-corrected chi connectivity index (χ2v) is 5.65. The summed E-state index contributed by atoms with van der Waals surface area (Å²) >= 11 is 0. The van der Waals surface area contributed by atoms with Crippen LogP contribution in [0.3, 0.4) is 0 Å². The van der Waals surface area contributed by atoms with E-state index in [0.717, 1.165) is 0 Å². The summed E-state index contributed by atoms with van der Waals surface area (Å²) in [5.41, 5.74) is 1.09. The molecule has 1 aliphatic heterocycles. The van der Waals surface area contributed by atoms with E-state index in [0.29, 0.717) is 21.9 Å². The number of likely N-dealkylation sites (tertiary alicyclic amines) is 1. The fourth-order valence-electron chi connectivity index (χ4n) is 2.75. The van der Waals surface area contributed by atoms with Gasteiger partial charge >= 0.3 is 7.12 Å². The Kier molecular flexibility index (Phi) is 4.03. The van der Waals surface area contributed by atoms with Crippen molar-refractivity contribution in [1.29, 1.82) is 0 Å². The van der Waals surface area contributed by atoms with Crippen molar-refractivity contribution in [3.05, 3.63) is 36.0 Å². The van der Waals surface area contributed by atoms with Gasteiger partial charge in [-0.25, -0.2) is 8.78 Å². The van der Waals surface area contributed by atoms with E-state index in [9.17, 15) is 23.6 Å². The van der Waals surface area contributed by atoms with Crippen molar-refractivity contribution in [2.24, 2.45) is 0 Å². The number of nitrogens with zero attached hydrogens (tertiary/aromatic N) is 2. The maximum Gasteiger partial charge on any atom is 0.489 e. The van der Waals surface area contributed by atoms with Crippen LogP contribution >= 0.6 is 0 Å². The van der Waals surface area contributed by atoms with Crippen LogP contribution in [-0.4, -0.2) is 52.0 Å². The quantitative estimate of drug-likeness (QED) is 0.802. The molecular weight excluding hydrogens is 305 g/mol. The molecule has 0 atom stereocenters. The molecule has 0 spiro atoms. The molecule has 2 aromatic rings. The molecule has 1 aromatic heterocycles. The Hall–Kier alpha value is -2.06. The molecular formula is C15H15BF2N2O3. The van der Waals surface area contributed by atoms with Gasteiger partial charge in [0.25, 0.3) is 11.8 Å². The second-order valence-electron chi connectivity index (χ2n) is 5.65. The minimum absolute atomic E-state index is 0.0205. The number of aromatic nitrogens is 1. The van der Waals surface area contributed by atoms with Crippen LogP contribution in [0.4, 0.5) is 8.78 Å². The molecule has 1 fully saturated rings. The number of rotatable bonds is 2. The molecule has 0 aliphatic carbocycles. The Balaban J connectivity index is 1.88. The minimum atomic E-state index is -2.70. The molecule has 23 heavy (non-hydrogen) atoms. The summed E-state index contributed by atoms with van der Waals surface area (Å²) in [7, 11) is -1.63. The molecule has 2 heterocycles. The van der Waals surface area contributed by atoms with E-state index < -0.39 is 13.0 Å². The third kappa shape index (κ3) is 3.18.